The van der Waals surface area contributed by atoms with Crippen molar-refractivity contribution in [3.05, 3.63) is 33.5 Å². The summed E-state index contributed by atoms with van der Waals surface area (Å²) in [6, 6.07) is 1.58. The number of hydrogen-bond acceptors (Lipinski definition) is 4. The second-order valence-corrected chi connectivity index (χ2v) is 2.90. The van der Waals surface area contributed by atoms with E-state index in [2.05, 4.69) is 15.4 Å². The molecule has 0 atom stereocenters. The van der Waals surface area contributed by atoms with E-state index in [0.717, 1.165) is 4.52 Å². The van der Waals surface area contributed by atoms with E-state index in [1.54, 1.807) is 6.07 Å². The lowest BCUT2D eigenvalue weighted by molar-refractivity contribution is 0.0975. The zero-order valence-electron chi connectivity index (χ0n) is 6.89. The summed E-state index contributed by atoms with van der Waals surface area (Å²) >= 11 is 0. The maximum absolute atomic E-state index is 11.7. The third kappa shape index (κ3) is 0.698. The number of hydrogen-bond donors (Lipinski definition) is 1. The lowest BCUT2D eigenvalue weighted by atomic mass is 10.3. The molecule has 0 bridgehead atoms. The Bertz CT molecular complexity index is 658. The minimum atomic E-state index is -0.346. The van der Waals surface area contributed by atoms with Crippen molar-refractivity contribution in [1.82, 2.24) is 19.9 Å². The van der Waals surface area contributed by atoms with Crippen molar-refractivity contribution >= 4 is 17.8 Å². The molecule has 3 heterocycles. The lowest BCUT2D eigenvalue weighted by Crippen LogP contribution is -2.34. The van der Waals surface area contributed by atoms with Crippen LogP contribution in [0.5, 0.6) is 0 Å². The van der Waals surface area contributed by atoms with Crippen molar-refractivity contribution in [3.8, 4) is 0 Å². The quantitative estimate of drug-likeness (QED) is 0.534. The van der Waals surface area contributed by atoms with Crippen LogP contribution in [0.25, 0.3) is 11.8 Å². The molecular weight excluding hydrogens is 184 g/mol. The van der Waals surface area contributed by atoms with Gasteiger partial charge in [-0.05, 0) is 0 Å². The van der Waals surface area contributed by atoms with Gasteiger partial charge < -0.3 is 5.32 Å². The van der Waals surface area contributed by atoms with Gasteiger partial charge in [-0.1, -0.05) is 0 Å². The highest BCUT2D eigenvalue weighted by Crippen LogP contribution is 1.96. The predicted molar refractivity (Wildman–Crippen MR) is 46.4 cm³/mol. The predicted octanol–water partition coefficient (Wildman–Crippen LogP) is -1.71. The first-order valence-electron chi connectivity index (χ1n) is 3.96. The first-order valence-corrected chi connectivity index (χ1v) is 3.96. The molecule has 1 aliphatic rings. The molecular formula is C8H4N4O2. The molecule has 0 aliphatic carbocycles. The molecule has 2 aromatic heterocycles. The van der Waals surface area contributed by atoms with E-state index in [4.69, 9.17) is 0 Å². The van der Waals surface area contributed by atoms with E-state index in [9.17, 15) is 9.59 Å². The van der Waals surface area contributed by atoms with E-state index in [0.29, 0.717) is 5.65 Å². The van der Waals surface area contributed by atoms with Crippen molar-refractivity contribution < 1.29 is 4.79 Å². The molecule has 0 spiro atoms. The summed E-state index contributed by atoms with van der Waals surface area (Å²) in [5, 5.41) is 6.50. The van der Waals surface area contributed by atoms with E-state index in [-0.39, 0.29) is 22.4 Å². The summed E-state index contributed by atoms with van der Waals surface area (Å²) in [5.41, 5.74) is 0.232. The maximum Gasteiger partial charge on any atom is 0.284 e. The van der Waals surface area contributed by atoms with Crippen LogP contribution in [-0.4, -0.2) is 20.5 Å². The van der Waals surface area contributed by atoms with Crippen LogP contribution in [0.3, 0.4) is 0 Å². The summed E-state index contributed by atoms with van der Waals surface area (Å²) in [5.74, 6) is -0.346. The minimum absolute atomic E-state index is 0.169. The summed E-state index contributed by atoms with van der Waals surface area (Å²) in [6.07, 6.45) is 2.82. The molecule has 1 amide bonds. The summed E-state index contributed by atoms with van der Waals surface area (Å²) < 4.78 is 1.16. The van der Waals surface area contributed by atoms with Gasteiger partial charge in [-0.15, -0.1) is 0 Å². The number of carbonyl (C=O) groups excluding carboxylic acids is 1. The second-order valence-electron chi connectivity index (χ2n) is 2.90. The molecule has 1 aliphatic heterocycles. The van der Waals surface area contributed by atoms with Crippen molar-refractivity contribution in [1.29, 1.82) is 0 Å². The molecule has 1 N–H and O–H groups in total. The fourth-order valence-corrected chi connectivity index (χ4v) is 1.44. The zero-order chi connectivity index (χ0) is 9.71. The molecule has 0 saturated carbocycles. The Labute approximate surface area is 76.9 Å². The average Bonchev–Trinajstić information content (AvgIpc) is 2.75. The van der Waals surface area contributed by atoms with E-state index in [1.807, 2.05) is 0 Å². The standard InChI is InChI=1S/C8H4N4O2/c13-7-6-4(3-9-7)8(14)12-5(11-6)1-2-10-12/h1-3H,(H,9,13). The van der Waals surface area contributed by atoms with Gasteiger partial charge in [0.05, 0.1) is 11.4 Å². The molecule has 14 heavy (non-hydrogen) atoms. The highest BCUT2D eigenvalue weighted by atomic mass is 16.2. The van der Waals surface area contributed by atoms with Gasteiger partial charge >= 0.3 is 0 Å². The largest absolute Gasteiger partial charge is 0.326 e. The van der Waals surface area contributed by atoms with Gasteiger partial charge in [0.15, 0.2) is 5.65 Å². The van der Waals surface area contributed by atoms with Crippen LogP contribution in [0.15, 0.2) is 17.1 Å². The topological polar surface area (TPSA) is 76.4 Å². The van der Waals surface area contributed by atoms with Gasteiger partial charge in [0, 0.05) is 12.3 Å². The van der Waals surface area contributed by atoms with Crippen LogP contribution in [0.4, 0.5) is 0 Å². The number of carbonyl (C=O) groups is 1. The van der Waals surface area contributed by atoms with Crippen LogP contribution in [0, 0.1) is 0 Å². The molecule has 0 radical (unpaired) electrons. The van der Waals surface area contributed by atoms with Crippen molar-refractivity contribution in [3.63, 3.8) is 0 Å². The Kier molecular flexibility index (Phi) is 1.11. The molecule has 0 saturated heterocycles. The van der Waals surface area contributed by atoms with Gasteiger partial charge in [-0.3, -0.25) is 9.59 Å². The smallest absolute Gasteiger partial charge is 0.284 e. The third-order valence-electron chi connectivity index (χ3n) is 2.09. The Morgan fingerprint density at radius 3 is 3.07 bits per heavy atom. The maximum atomic E-state index is 11.7. The monoisotopic (exact) mass is 188 g/mol. The molecule has 6 nitrogen and oxygen atoms in total. The van der Waals surface area contributed by atoms with Gasteiger partial charge in [0.2, 0.25) is 0 Å². The first-order chi connectivity index (χ1) is 6.77. The molecule has 0 aromatic carbocycles. The fraction of sp³-hybridized carbons (Fsp3) is 0. The highest BCUT2D eigenvalue weighted by molar-refractivity contribution is 5.98. The Hall–Kier alpha value is -2.24. The molecule has 68 valence electrons. The SMILES string of the molecule is O=C1NC=c2c1nc1ccnn1c2=O. The van der Waals surface area contributed by atoms with Crippen LogP contribution in [-0.2, 0) is 0 Å². The highest BCUT2D eigenvalue weighted by Gasteiger charge is 2.18. The third-order valence-corrected chi connectivity index (χ3v) is 2.09. The fourth-order valence-electron chi connectivity index (χ4n) is 1.44. The van der Waals surface area contributed by atoms with Gasteiger partial charge in [-0.25, -0.2) is 4.98 Å². The molecule has 0 fully saturated rings. The molecule has 3 rings (SSSR count). The summed E-state index contributed by atoms with van der Waals surface area (Å²) in [4.78, 5) is 26.9. The van der Waals surface area contributed by atoms with Crippen LogP contribution in [0.1, 0.15) is 10.5 Å². The van der Waals surface area contributed by atoms with Crippen LogP contribution >= 0.6 is 0 Å². The number of nitrogens with one attached hydrogen (secondary N) is 1. The van der Waals surface area contributed by atoms with Gasteiger partial charge in [0.1, 0.15) is 5.69 Å². The number of rotatable bonds is 0. The number of nitrogens with zero attached hydrogens (tertiary/aromatic N) is 3. The van der Waals surface area contributed by atoms with Crippen LogP contribution < -0.4 is 16.1 Å². The van der Waals surface area contributed by atoms with Crippen molar-refractivity contribution in [2.45, 2.75) is 0 Å². The lowest BCUT2D eigenvalue weighted by Gasteiger charge is -1.92. The average molecular weight is 188 g/mol. The Morgan fingerprint density at radius 1 is 1.36 bits per heavy atom. The van der Waals surface area contributed by atoms with Crippen LogP contribution in [0.2, 0.25) is 0 Å². The number of amides is 1. The Balaban J connectivity index is 2.64. The van der Waals surface area contributed by atoms with E-state index >= 15 is 0 Å². The van der Waals surface area contributed by atoms with Crippen molar-refractivity contribution in [2.24, 2.45) is 0 Å². The normalized spacial score (nSPS) is 13.9. The van der Waals surface area contributed by atoms with E-state index in [1.165, 1.54) is 12.4 Å². The van der Waals surface area contributed by atoms with E-state index < -0.39 is 0 Å². The number of fused-ring (bicyclic) bond motifs is 2. The summed E-state index contributed by atoms with van der Waals surface area (Å²) in [6.45, 7) is 0. The van der Waals surface area contributed by atoms with Gasteiger partial charge in [-0.2, -0.15) is 9.61 Å². The first kappa shape index (κ1) is 7.19. The summed E-state index contributed by atoms with van der Waals surface area (Å²) in [7, 11) is 0. The number of aromatic nitrogens is 3. The van der Waals surface area contributed by atoms with Gasteiger partial charge in [0.25, 0.3) is 11.5 Å². The second kappa shape index (κ2) is 2.16. The zero-order valence-corrected chi connectivity index (χ0v) is 6.89. The minimum Gasteiger partial charge on any atom is -0.326 e. The molecule has 0 unspecified atom stereocenters. The van der Waals surface area contributed by atoms with Crippen molar-refractivity contribution in [2.75, 3.05) is 0 Å². The molecule has 6 heteroatoms. The molecule has 2 aromatic rings. The Morgan fingerprint density at radius 2 is 2.21 bits per heavy atom.